The number of nitrogens with one attached hydrogen (secondary N) is 1. The highest BCUT2D eigenvalue weighted by molar-refractivity contribution is 7.12. The molecule has 8 heteroatoms. The van der Waals surface area contributed by atoms with Crippen LogP contribution in [0.4, 0.5) is 10.5 Å². The molecule has 1 aromatic carbocycles. The molecule has 0 saturated carbocycles. The average molecular weight is 399 g/mol. The van der Waals surface area contributed by atoms with Gasteiger partial charge in [-0.25, -0.2) is 4.79 Å². The minimum Gasteiger partial charge on any atom is -0.447 e. The van der Waals surface area contributed by atoms with Crippen LogP contribution in [0.15, 0.2) is 41.8 Å². The van der Waals surface area contributed by atoms with Gasteiger partial charge in [0.1, 0.15) is 12.6 Å². The Labute approximate surface area is 166 Å². The Balaban J connectivity index is 1.39. The Morgan fingerprint density at radius 3 is 2.86 bits per heavy atom. The van der Waals surface area contributed by atoms with Crippen molar-refractivity contribution in [2.24, 2.45) is 0 Å². The van der Waals surface area contributed by atoms with E-state index >= 15 is 0 Å². The third-order valence-electron chi connectivity index (χ3n) is 5.00. The molecule has 1 atom stereocenters. The second kappa shape index (κ2) is 8.02. The van der Waals surface area contributed by atoms with Crippen molar-refractivity contribution in [3.05, 3.63) is 52.2 Å². The zero-order valence-corrected chi connectivity index (χ0v) is 16.1. The molecule has 0 radical (unpaired) electrons. The highest BCUT2D eigenvalue weighted by atomic mass is 32.1. The normalized spacial score (nSPS) is 19.0. The van der Waals surface area contributed by atoms with E-state index in [0.29, 0.717) is 37.5 Å². The van der Waals surface area contributed by atoms with Gasteiger partial charge in [-0.3, -0.25) is 14.5 Å². The summed E-state index contributed by atoms with van der Waals surface area (Å²) in [7, 11) is 0. The van der Waals surface area contributed by atoms with Crippen molar-refractivity contribution >= 4 is 34.9 Å². The maximum atomic E-state index is 12.7. The van der Waals surface area contributed by atoms with Crippen LogP contribution < -0.4 is 10.2 Å². The molecule has 1 N–H and O–H groups in total. The third kappa shape index (κ3) is 3.73. The van der Waals surface area contributed by atoms with E-state index in [-0.39, 0.29) is 17.9 Å². The van der Waals surface area contributed by atoms with Crippen molar-refractivity contribution in [3.63, 3.8) is 0 Å². The predicted octanol–water partition coefficient (Wildman–Crippen LogP) is 2.63. The second-order valence-corrected chi connectivity index (χ2v) is 7.74. The number of anilines is 1. The summed E-state index contributed by atoms with van der Waals surface area (Å²) in [6.45, 7) is 1.85. The lowest BCUT2D eigenvalue weighted by Crippen LogP contribution is -2.45. The molecule has 0 bridgehead atoms. The van der Waals surface area contributed by atoms with Crippen LogP contribution in [0.1, 0.15) is 28.1 Å². The van der Waals surface area contributed by atoms with E-state index < -0.39 is 6.04 Å². The van der Waals surface area contributed by atoms with Gasteiger partial charge < -0.3 is 15.0 Å². The number of ether oxygens (including phenoxy) is 1. The van der Waals surface area contributed by atoms with Crippen LogP contribution >= 0.6 is 11.3 Å². The van der Waals surface area contributed by atoms with Gasteiger partial charge in [0.15, 0.2) is 0 Å². The molecule has 2 aliphatic heterocycles. The van der Waals surface area contributed by atoms with Gasteiger partial charge in [0.05, 0.1) is 11.4 Å². The number of hydrogen-bond donors (Lipinski definition) is 1. The van der Waals surface area contributed by atoms with Crippen molar-refractivity contribution in [1.82, 2.24) is 10.2 Å². The number of carbonyl (C=O) groups is 3. The lowest BCUT2D eigenvalue weighted by atomic mass is 10.1. The number of cyclic esters (lactones) is 1. The quantitative estimate of drug-likeness (QED) is 0.838. The zero-order valence-electron chi connectivity index (χ0n) is 15.3. The van der Waals surface area contributed by atoms with Gasteiger partial charge in [0.2, 0.25) is 5.91 Å². The standard InChI is InChI=1S/C20H21N3O4S/c24-18(16-6-2-8-23(16)19(25)17-7-3-11-28-17)21-13-14-4-1-5-15(12-14)22-9-10-27-20(22)26/h1,3-5,7,11-12,16H,2,6,8-10,13H2,(H,21,24)/t16-/m0/s1. The summed E-state index contributed by atoms with van der Waals surface area (Å²) in [4.78, 5) is 41.0. The first kappa shape index (κ1) is 18.5. The topological polar surface area (TPSA) is 79.0 Å². The van der Waals surface area contributed by atoms with Gasteiger partial charge >= 0.3 is 6.09 Å². The largest absolute Gasteiger partial charge is 0.447 e. The summed E-state index contributed by atoms with van der Waals surface area (Å²) in [5.74, 6) is -0.226. The van der Waals surface area contributed by atoms with Crippen molar-refractivity contribution in [2.45, 2.75) is 25.4 Å². The first-order chi connectivity index (χ1) is 13.6. The number of carbonyl (C=O) groups excluding carboxylic acids is 3. The summed E-state index contributed by atoms with van der Waals surface area (Å²) < 4.78 is 4.97. The Morgan fingerprint density at radius 1 is 1.21 bits per heavy atom. The maximum Gasteiger partial charge on any atom is 0.414 e. The fraction of sp³-hybridized carbons (Fsp3) is 0.350. The van der Waals surface area contributed by atoms with E-state index in [1.165, 1.54) is 11.3 Å². The summed E-state index contributed by atoms with van der Waals surface area (Å²) in [6.07, 6.45) is 1.14. The number of nitrogens with zero attached hydrogens (tertiary/aromatic N) is 2. The van der Waals surface area contributed by atoms with E-state index in [1.54, 1.807) is 15.9 Å². The summed E-state index contributed by atoms with van der Waals surface area (Å²) in [5, 5.41) is 4.80. The predicted molar refractivity (Wildman–Crippen MR) is 105 cm³/mol. The van der Waals surface area contributed by atoms with E-state index in [2.05, 4.69) is 5.32 Å². The van der Waals surface area contributed by atoms with Gasteiger partial charge in [-0.2, -0.15) is 0 Å². The number of thiophene rings is 1. The van der Waals surface area contributed by atoms with E-state index in [1.807, 2.05) is 35.7 Å². The van der Waals surface area contributed by atoms with Crippen LogP contribution in [-0.4, -0.2) is 48.5 Å². The monoisotopic (exact) mass is 399 g/mol. The first-order valence-electron chi connectivity index (χ1n) is 9.29. The van der Waals surface area contributed by atoms with Crippen LogP contribution in [0.5, 0.6) is 0 Å². The molecule has 2 fully saturated rings. The molecule has 3 amide bonds. The zero-order chi connectivity index (χ0) is 19.5. The van der Waals surface area contributed by atoms with Crippen LogP contribution in [0, 0.1) is 0 Å². The number of likely N-dealkylation sites (tertiary alicyclic amines) is 1. The van der Waals surface area contributed by atoms with Crippen LogP contribution in [0.25, 0.3) is 0 Å². The molecule has 146 valence electrons. The molecular weight excluding hydrogens is 378 g/mol. The minimum atomic E-state index is -0.439. The molecule has 0 aliphatic carbocycles. The van der Waals surface area contributed by atoms with E-state index in [4.69, 9.17) is 4.74 Å². The molecule has 2 aliphatic rings. The van der Waals surface area contributed by atoms with Gasteiger partial charge in [-0.15, -0.1) is 11.3 Å². The molecule has 2 saturated heterocycles. The average Bonchev–Trinajstić information content (AvgIpc) is 3.46. The smallest absolute Gasteiger partial charge is 0.414 e. The maximum absolute atomic E-state index is 12.7. The van der Waals surface area contributed by atoms with Crippen molar-refractivity contribution in [3.8, 4) is 0 Å². The first-order valence-corrected chi connectivity index (χ1v) is 10.2. The number of amides is 3. The van der Waals surface area contributed by atoms with Crippen molar-refractivity contribution in [2.75, 3.05) is 24.6 Å². The lowest BCUT2D eigenvalue weighted by Gasteiger charge is -2.23. The molecule has 0 spiro atoms. The Morgan fingerprint density at radius 2 is 2.11 bits per heavy atom. The van der Waals surface area contributed by atoms with Crippen LogP contribution in [-0.2, 0) is 16.1 Å². The fourth-order valence-electron chi connectivity index (χ4n) is 3.59. The van der Waals surface area contributed by atoms with E-state index in [9.17, 15) is 14.4 Å². The number of benzene rings is 1. The molecule has 28 heavy (non-hydrogen) atoms. The molecular formula is C20H21N3O4S. The fourth-order valence-corrected chi connectivity index (χ4v) is 4.27. The van der Waals surface area contributed by atoms with Gasteiger partial charge in [-0.05, 0) is 42.0 Å². The SMILES string of the molecule is O=C(NCc1cccc(N2CCOC2=O)c1)[C@@H]1CCCN1C(=O)c1cccs1. The Hall–Kier alpha value is -2.87. The summed E-state index contributed by atoms with van der Waals surface area (Å²) in [6, 6.07) is 10.7. The van der Waals surface area contributed by atoms with E-state index in [0.717, 1.165) is 17.7 Å². The van der Waals surface area contributed by atoms with Gasteiger partial charge in [0.25, 0.3) is 5.91 Å². The van der Waals surface area contributed by atoms with Gasteiger partial charge in [0, 0.05) is 18.8 Å². The Bertz CT molecular complexity index is 883. The molecule has 0 unspecified atom stereocenters. The molecule has 7 nitrogen and oxygen atoms in total. The lowest BCUT2D eigenvalue weighted by molar-refractivity contribution is -0.125. The third-order valence-corrected chi connectivity index (χ3v) is 5.86. The number of hydrogen-bond acceptors (Lipinski definition) is 5. The van der Waals surface area contributed by atoms with Gasteiger partial charge in [-0.1, -0.05) is 18.2 Å². The van der Waals surface area contributed by atoms with Crippen molar-refractivity contribution < 1.29 is 19.1 Å². The minimum absolute atomic E-state index is 0.0813. The summed E-state index contributed by atoms with van der Waals surface area (Å²) in [5.41, 5.74) is 1.64. The number of rotatable bonds is 5. The second-order valence-electron chi connectivity index (χ2n) is 6.79. The van der Waals surface area contributed by atoms with Crippen molar-refractivity contribution in [1.29, 1.82) is 0 Å². The van der Waals surface area contributed by atoms with Crippen LogP contribution in [0.2, 0.25) is 0 Å². The molecule has 4 rings (SSSR count). The van der Waals surface area contributed by atoms with Crippen LogP contribution in [0.3, 0.4) is 0 Å². The highest BCUT2D eigenvalue weighted by Crippen LogP contribution is 2.23. The molecule has 1 aromatic heterocycles. The molecule has 2 aromatic rings. The Kier molecular flexibility index (Phi) is 5.29. The highest BCUT2D eigenvalue weighted by Gasteiger charge is 2.34. The summed E-state index contributed by atoms with van der Waals surface area (Å²) >= 11 is 1.39. The molecule has 3 heterocycles.